The molecule has 1 aromatic carbocycles. The number of halogens is 3. The first-order chi connectivity index (χ1) is 9.46. The normalized spacial score (nSPS) is 11.4. The van der Waals surface area contributed by atoms with Gasteiger partial charge < -0.3 is 19.9 Å². The number of ether oxygens (including phenoxy) is 3. The molecule has 114 valence electrons. The standard InChI is InChI=1S/C13H18F3NO3/c1-2-19-12-7-10(8-17)3-4-11(12)20-6-5-18-9-13(14,15)16/h3-4,7H,2,5-6,8-9,17H2,1H3. The highest BCUT2D eigenvalue weighted by atomic mass is 19.4. The molecule has 0 fully saturated rings. The molecule has 0 heterocycles. The molecule has 0 bridgehead atoms. The minimum atomic E-state index is -4.32. The van der Waals surface area contributed by atoms with Gasteiger partial charge in [0.25, 0.3) is 0 Å². The van der Waals surface area contributed by atoms with Crippen LogP contribution in [0.4, 0.5) is 13.2 Å². The number of hydrogen-bond donors (Lipinski definition) is 1. The topological polar surface area (TPSA) is 53.7 Å². The first kappa shape index (κ1) is 16.6. The maximum atomic E-state index is 11.9. The maximum absolute atomic E-state index is 11.9. The zero-order valence-corrected chi connectivity index (χ0v) is 11.2. The quantitative estimate of drug-likeness (QED) is 0.748. The molecule has 1 aromatic rings. The Balaban J connectivity index is 2.46. The van der Waals surface area contributed by atoms with Crippen LogP contribution in [0.3, 0.4) is 0 Å². The van der Waals surface area contributed by atoms with Crippen molar-refractivity contribution in [3.05, 3.63) is 23.8 Å². The summed E-state index contributed by atoms with van der Waals surface area (Å²) in [7, 11) is 0. The van der Waals surface area contributed by atoms with Crippen molar-refractivity contribution in [3.63, 3.8) is 0 Å². The van der Waals surface area contributed by atoms with Gasteiger partial charge in [0, 0.05) is 6.54 Å². The molecule has 20 heavy (non-hydrogen) atoms. The fourth-order valence-electron chi connectivity index (χ4n) is 1.47. The third-order valence-electron chi connectivity index (χ3n) is 2.29. The second-order valence-corrected chi connectivity index (χ2v) is 3.93. The first-order valence-corrected chi connectivity index (χ1v) is 6.19. The van der Waals surface area contributed by atoms with E-state index in [0.29, 0.717) is 24.7 Å². The molecule has 0 unspecified atom stereocenters. The molecule has 2 N–H and O–H groups in total. The Hall–Kier alpha value is -1.47. The van der Waals surface area contributed by atoms with E-state index in [2.05, 4.69) is 4.74 Å². The van der Waals surface area contributed by atoms with Crippen LogP contribution in [0.1, 0.15) is 12.5 Å². The van der Waals surface area contributed by atoms with Gasteiger partial charge in [-0.2, -0.15) is 13.2 Å². The van der Waals surface area contributed by atoms with Crippen molar-refractivity contribution in [2.24, 2.45) is 5.73 Å². The van der Waals surface area contributed by atoms with Gasteiger partial charge in [-0.25, -0.2) is 0 Å². The predicted octanol–water partition coefficient (Wildman–Crippen LogP) is 2.50. The van der Waals surface area contributed by atoms with Gasteiger partial charge in [0.2, 0.25) is 0 Å². The number of nitrogens with two attached hydrogens (primary N) is 1. The molecule has 0 saturated heterocycles. The molecule has 0 aliphatic carbocycles. The summed E-state index contributed by atoms with van der Waals surface area (Å²) < 4.78 is 50.8. The first-order valence-electron chi connectivity index (χ1n) is 6.19. The summed E-state index contributed by atoms with van der Waals surface area (Å²) in [5.74, 6) is 0.978. The Labute approximate surface area is 115 Å². The lowest BCUT2D eigenvalue weighted by atomic mass is 10.2. The summed E-state index contributed by atoms with van der Waals surface area (Å²) in [6.07, 6.45) is -4.32. The van der Waals surface area contributed by atoms with Crippen molar-refractivity contribution in [1.82, 2.24) is 0 Å². The van der Waals surface area contributed by atoms with E-state index in [1.165, 1.54) is 0 Å². The minimum absolute atomic E-state index is 0.0120. The number of benzene rings is 1. The number of hydrogen-bond acceptors (Lipinski definition) is 4. The minimum Gasteiger partial charge on any atom is -0.490 e. The Morgan fingerprint density at radius 3 is 2.45 bits per heavy atom. The van der Waals surface area contributed by atoms with Gasteiger partial charge in [-0.15, -0.1) is 0 Å². The van der Waals surface area contributed by atoms with Crippen LogP contribution in [0, 0.1) is 0 Å². The van der Waals surface area contributed by atoms with Crippen molar-refractivity contribution in [3.8, 4) is 11.5 Å². The number of alkyl halides is 3. The fraction of sp³-hybridized carbons (Fsp3) is 0.538. The molecule has 0 radical (unpaired) electrons. The Morgan fingerprint density at radius 1 is 1.10 bits per heavy atom. The summed E-state index contributed by atoms with van der Waals surface area (Å²) in [5.41, 5.74) is 6.41. The Kier molecular flexibility index (Phi) is 6.60. The molecule has 0 saturated carbocycles. The van der Waals surface area contributed by atoms with Crippen molar-refractivity contribution in [2.75, 3.05) is 26.4 Å². The Bertz CT molecular complexity index is 410. The van der Waals surface area contributed by atoms with Gasteiger partial charge in [0.05, 0.1) is 13.2 Å². The van der Waals surface area contributed by atoms with Crippen LogP contribution in [0.15, 0.2) is 18.2 Å². The maximum Gasteiger partial charge on any atom is 0.411 e. The van der Waals surface area contributed by atoms with E-state index in [-0.39, 0.29) is 13.2 Å². The van der Waals surface area contributed by atoms with Gasteiger partial charge in [0.15, 0.2) is 11.5 Å². The second-order valence-electron chi connectivity index (χ2n) is 3.93. The van der Waals surface area contributed by atoms with Crippen LogP contribution < -0.4 is 15.2 Å². The molecule has 7 heteroatoms. The fourth-order valence-corrected chi connectivity index (χ4v) is 1.47. The summed E-state index contributed by atoms with van der Waals surface area (Å²) in [6.45, 7) is 1.23. The van der Waals surface area contributed by atoms with Gasteiger partial charge in [-0.05, 0) is 24.6 Å². The molecule has 0 atom stereocenters. The van der Waals surface area contributed by atoms with Crippen LogP contribution in [-0.4, -0.2) is 32.6 Å². The average Bonchev–Trinajstić information content (AvgIpc) is 2.38. The lowest BCUT2D eigenvalue weighted by molar-refractivity contribution is -0.175. The lowest BCUT2D eigenvalue weighted by Crippen LogP contribution is -2.19. The molecule has 1 rings (SSSR count). The van der Waals surface area contributed by atoms with Crippen LogP contribution >= 0.6 is 0 Å². The van der Waals surface area contributed by atoms with Crippen LogP contribution in [-0.2, 0) is 11.3 Å². The van der Waals surface area contributed by atoms with E-state index in [4.69, 9.17) is 15.2 Å². The van der Waals surface area contributed by atoms with E-state index in [9.17, 15) is 13.2 Å². The smallest absolute Gasteiger partial charge is 0.411 e. The molecule has 0 aromatic heterocycles. The largest absolute Gasteiger partial charge is 0.490 e. The van der Waals surface area contributed by atoms with Gasteiger partial charge in [-0.1, -0.05) is 6.07 Å². The average molecular weight is 293 g/mol. The van der Waals surface area contributed by atoms with Crippen molar-refractivity contribution in [2.45, 2.75) is 19.6 Å². The Morgan fingerprint density at radius 2 is 1.85 bits per heavy atom. The van der Waals surface area contributed by atoms with E-state index in [0.717, 1.165) is 5.56 Å². The van der Waals surface area contributed by atoms with Crippen molar-refractivity contribution >= 4 is 0 Å². The van der Waals surface area contributed by atoms with Crippen molar-refractivity contribution < 1.29 is 27.4 Å². The lowest BCUT2D eigenvalue weighted by Gasteiger charge is -2.13. The highest BCUT2D eigenvalue weighted by Gasteiger charge is 2.27. The monoisotopic (exact) mass is 293 g/mol. The zero-order valence-electron chi connectivity index (χ0n) is 11.2. The van der Waals surface area contributed by atoms with E-state index in [1.807, 2.05) is 6.92 Å². The van der Waals surface area contributed by atoms with Crippen LogP contribution in [0.25, 0.3) is 0 Å². The second kappa shape index (κ2) is 7.96. The summed E-state index contributed by atoms with van der Waals surface area (Å²) >= 11 is 0. The molecule has 4 nitrogen and oxygen atoms in total. The molecular formula is C13H18F3NO3. The van der Waals surface area contributed by atoms with Crippen LogP contribution in [0.2, 0.25) is 0 Å². The molecule has 0 aliphatic rings. The van der Waals surface area contributed by atoms with Crippen molar-refractivity contribution in [1.29, 1.82) is 0 Å². The molecule has 0 amide bonds. The number of rotatable bonds is 8. The molecule has 0 spiro atoms. The third-order valence-corrected chi connectivity index (χ3v) is 2.29. The van der Waals surface area contributed by atoms with Gasteiger partial charge >= 0.3 is 6.18 Å². The predicted molar refractivity (Wildman–Crippen MR) is 67.9 cm³/mol. The highest BCUT2D eigenvalue weighted by molar-refractivity contribution is 5.43. The molecule has 0 aliphatic heterocycles. The summed E-state index contributed by atoms with van der Waals surface area (Å²) in [5, 5.41) is 0. The van der Waals surface area contributed by atoms with E-state index < -0.39 is 12.8 Å². The van der Waals surface area contributed by atoms with E-state index >= 15 is 0 Å². The van der Waals surface area contributed by atoms with Gasteiger partial charge in [-0.3, -0.25) is 0 Å². The molecular weight excluding hydrogens is 275 g/mol. The van der Waals surface area contributed by atoms with E-state index in [1.54, 1.807) is 18.2 Å². The third kappa shape index (κ3) is 6.12. The summed E-state index contributed by atoms with van der Waals surface area (Å²) in [4.78, 5) is 0. The van der Waals surface area contributed by atoms with Gasteiger partial charge in [0.1, 0.15) is 13.2 Å². The SMILES string of the molecule is CCOc1cc(CN)ccc1OCCOCC(F)(F)F. The van der Waals surface area contributed by atoms with Crippen LogP contribution in [0.5, 0.6) is 11.5 Å². The zero-order chi connectivity index (χ0) is 15.0. The highest BCUT2D eigenvalue weighted by Crippen LogP contribution is 2.28. The summed E-state index contributed by atoms with van der Waals surface area (Å²) in [6, 6.07) is 5.20.